The summed E-state index contributed by atoms with van der Waals surface area (Å²) in [6, 6.07) is 0. The Hall–Kier alpha value is -1.67. The quantitative estimate of drug-likeness (QED) is 0.327. The number of nitrogen functional groups attached to an aromatic ring is 1. The van der Waals surface area contributed by atoms with Crippen molar-refractivity contribution in [2.24, 2.45) is 0 Å². The van der Waals surface area contributed by atoms with E-state index >= 15 is 0 Å². The molecule has 0 spiro atoms. The number of hydrogen-bond acceptors (Lipinski definition) is 10. The van der Waals surface area contributed by atoms with Gasteiger partial charge in [-0.15, -0.1) is 0 Å². The van der Waals surface area contributed by atoms with Crippen LogP contribution in [0.2, 0.25) is 0 Å². The first-order valence-corrected chi connectivity index (χ1v) is 12.6. The number of hydrogen-bond donors (Lipinski definition) is 5. The summed E-state index contributed by atoms with van der Waals surface area (Å²) in [6.07, 6.45) is -2.02. The van der Waals surface area contributed by atoms with E-state index in [4.69, 9.17) is 34.3 Å². The fraction of sp³-hybridized carbons (Fsp3) is 0.643. The Morgan fingerprint density at radius 2 is 1.97 bits per heavy atom. The van der Waals surface area contributed by atoms with Gasteiger partial charge < -0.3 is 39.1 Å². The number of nitrogens with one attached hydrogen (secondary N) is 1. The lowest BCUT2D eigenvalue weighted by Gasteiger charge is -2.25. The molecule has 0 aromatic carbocycles. The van der Waals surface area contributed by atoms with E-state index in [0.717, 1.165) is 0 Å². The number of aromatic nitrogens is 4. The van der Waals surface area contributed by atoms with E-state index < -0.39 is 63.6 Å². The van der Waals surface area contributed by atoms with E-state index in [0.29, 0.717) is 0 Å². The highest BCUT2D eigenvalue weighted by Crippen LogP contribution is 2.56. The number of fused-ring (bicyclic) bond motifs is 2. The minimum Gasteiger partial charge on any atom is -0.369 e. The Morgan fingerprint density at radius 1 is 1.29 bits per heavy atom. The van der Waals surface area contributed by atoms with Gasteiger partial charge in [0.15, 0.2) is 29.1 Å². The highest BCUT2D eigenvalue weighted by atomic mass is 31.2. The number of nitrogens with two attached hydrogens (primary N) is 1. The molecule has 0 saturated carbocycles. The second-order valence-electron chi connectivity index (χ2n) is 7.64. The fourth-order valence-electron chi connectivity index (χ4n) is 3.61. The molecule has 172 valence electrons. The van der Waals surface area contributed by atoms with Gasteiger partial charge >= 0.3 is 15.2 Å². The summed E-state index contributed by atoms with van der Waals surface area (Å²) in [6.45, 7) is 2.82. The summed E-state index contributed by atoms with van der Waals surface area (Å²) < 4.78 is 47.0. The molecule has 5 unspecified atom stereocenters. The molecular formula is C14H21N5O10P2. The molecule has 4 rings (SSSR count). The molecule has 31 heavy (non-hydrogen) atoms. The van der Waals surface area contributed by atoms with Gasteiger partial charge in [0, 0.05) is 0 Å². The van der Waals surface area contributed by atoms with Crippen LogP contribution in [0.15, 0.2) is 11.1 Å². The number of nitrogens with zero attached hydrogens (tertiary/aromatic N) is 3. The second kappa shape index (κ2) is 7.44. The van der Waals surface area contributed by atoms with Crippen LogP contribution in [-0.2, 0) is 27.9 Å². The summed E-state index contributed by atoms with van der Waals surface area (Å²) in [5.41, 5.74) is 5.24. The van der Waals surface area contributed by atoms with Gasteiger partial charge in [0.25, 0.3) is 5.56 Å². The summed E-state index contributed by atoms with van der Waals surface area (Å²) in [5.74, 6) is -2.48. The van der Waals surface area contributed by atoms with Gasteiger partial charge in [0.2, 0.25) is 5.95 Å². The van der Waals surface area contributed by atoms with Crippen molar-refractivity contribution in [2.45, 2.75) is 44.2 Å². The zero-order valence-electron chi connectivity index (χ0n) is 16.3. The van der Waals surface area contributed by atoms with E-state index in [1.807, 2.05) is 0 Å². The maximum atomic E-state index is 12.1. The largest absolute Gasteiger partial charge is 0.369 e. The highest BCUT2D eigenvalue weighted by Gasteiger charge is 2.56. The first-order chi connectivity index (χ1) is 14.2. The zero-order valence-corrected chi connectivity index (χ0v) is 18.1. The van der Waals surface area contributed by atoms with Crippen LogP contribution in [0.25, 0.3) is 11.2 Å². The van der Waals surface area contributed by atoms with Crippen molar-refractivity contribution in [3.63, 3.8) is 0 Å². The topological polar surface area (TPSA) is 221 Å². The third-order valence-electron chi connectivity index (χ3n) is 4.65. The van der Waals surface area contributed by atoms with Crippen LogP contribution in [0, 0.1) is 0 Å². The van der Waals surface area contributed by atoms with Crippen LogP contribution in [0.5, 0.6) is 0 Å². The lowest BCUT2D eigenvalue weighted by atomic mass is 10.1. The van der Waals surface area contributed by atoms with Gasteiger partial charge in [0.1, 0.15) is 18.3 Å². The van der Waals surface area contributed by atoms with Gasteiger partial charge in [-0.05, 0) is 13.8 Å². The Bertz CT molecular complexity index is 1160. The van der Waals surface area contributed by atoms with Crippen molar-refractivity contribution in [1.82, 2.24) is 19.5 Å². The minimum atomic E-state index is -4.78. The molecule has 4 heterocycles. The van der Waals surface area contributed by atoms with Crippen molar-refractivity contribution in [1.29, 1.82) is 0 Å². The van der Waals surface area contributed by atoms with Crippen LogP contribution >= 0.6 is 15.2 Å². The van der Waals surface area contributed by atoms with Crippen molar-refractivity contribution in [2.75, 3.05) is 18.2 Å². The Kier molecular flexibility index (Phi) is 5.41. The van der Waals surface area contributed by atoms with Crippen LogP contribution in [0.4, 0.5) is 5.95 Å². The number of H-pyrrole nitrogens is 1. The molecule has 17 heteroatoms. The molecule has 5 atom stereocenters. The molecule has 6 N–H and O–H groups in total. The molecule has 15 nitrogen and oxygen atoms in total. The van der Waals surface area contributed by atoms with Gasteiger partial charge in [0.05, 0.1) is 12.9 Å². The standard InChI is InChI=1S/C14H21N5O10P2/c1-14(2)28-8-6(3-26-31(24,25)5-30(21,22)23)27-12(9(8)29-14)19-4-16-7-10(19)17-13(15)18-11(7)20/h4,6,8-9,12H,3,5H2,1-2H3,(H,24,25)(H2,21,22,23)(H3,15,17,18,20). The van der Waals surface area contributed by atoms with Crippen molar-refractivity contribution < 1.29 is 42.5 Å². The van der Waals surface area contributed by atoms with E-state index in [2.05, 4.69) is 15.0 Å². The summed E-state index contributed by atoms with van der Waals surface area (Å²) in [7, 11) is -9.38. The molecule has 0 bridgehead atoms. The van der Waals surface area contributed by atoms with E-state index in [9.17, 15) is 18.8 Å². The van der Waals surface area contributed by atoms with Gasteiger partial charge in [-0.1, -0.05) is 0 Å². The molecule has 0 amide bonds. The van der Waals surface area contributed by atoms with Crippen molar-refractivity contribution in [3.8, 4) is 0 Å². The predicted octanol–water partition coefficient (Wildman–Crippen LogP) is -0.543. The zero-order chi connectivity index (χ0) is 22.8. The van der Waals surface area contributed by atoms with Gasteiger partial charge in [-0.25, -0.2) is 4.98 Å². The molecule has 2 aliphatic heterocycles. The number of rotatable bonds is 6. The first kappa shape index (κ1) is 22.5. The fourth-order valence-corrected chi connectivity index (χ4v) is 6.18. The summed E-state index contributed by atoms with van der Waals surface area (Å²) in [4.78, 5) is 50.1. The van der Waals surface area contributed by atoms with E-state index in [1.165, 1.54) is 10.9 Å². The van der Waals surface area contributed by atoms with E-state index in [-0.39, 0.29) is 17.1 Å². The monoisotopic (exact) mass is 481 g/mol. The molecule has 2 aromatic rings. The van der Waals surface area contributed by atoms with Crippen LogP contribution < -0.4 is 11.3 Å². The number of aromatic amines is 1. The molecule has 0 radical (unpaired) electrons. The molecule has 2 saturated heterocycles. The molecular weight excluding hydrogens is 460 g/mol. The number of imidazole rings is 1. The highest BCUT2D eigenvalue weighted by molar-refractivity contribution is 7.70. The normalized spacial score (nSPS) is 29.8. The maximum absolute atomic E-state index is 12.1. The summed E-state index contributed by atoms with van der Waals surface area (Å²) in [5, 5.41) is 0. The maximum Gasteiger partial charge on any atom is 0.340 e. The van der Waals surface area contributed by atoms with Crippen molar-refractivity contribution >= 4 is 32.3 Å². The average Bonchev–Trinajstić information content (AvgIpc) is 3.22. The second-order valence-corrected chi connectivity index (χ2v) is 11.6. The van der Waals surface area contributed by atoms with Crippen LogP contribution in [0.3, 0.4) is 0 Å². The number of ether oxygens (including phenoxy) is 3. The Labute approximate surface area is 174 Å². The third kappa shape index (κ3) is 4.60. The Balaban J connectivity index is 1.62. The smallest absolute Gasteiger partial charge is 0.340 e. The van der Waals surface area contributed by atoms with Crippen molar-refractivity contribution in [3.05, 3.63) is 16.7 Å². The molecule has 2 aromatic heterocycles. The molecule has 2 fully saturated rings. The predicted molar refractivity (Wildman–Crippen MR) is 103 cm³/mol. The number of anilines is 1. The lowest BCUT2D eigenvalue weighted by molar-refractivity contribution is -0.199. The third-order valence-corrected chi connectivity index (χ3v) is 8.11. The SMILES string of the molecule is CC1(C)OC2C(COP(=O)(O)CP(=O)(O)O)OC(n3cnc4c(=O)[nH]c(N)nc43)C2O1. The lowest BCUT2D eigenvalue weighted by Crippen LogP contribution is -2.32. The molecule has 0 aliphatic carbocycles. The van der Waals surface area contributed by atoms with Crippen LogP contribution in [-0.4, -0.2) is 70.8 Å². The van der Waals surface area contributed by atoms with Crippen LogP contribution in [0.1, 0.15) is 20.1 Å². The van der Waals surface area contributed by atoms with Gasteiger partial charge in [-0.3, -0.25) is 23.5 Å². The Morgan fingerprint density at radius 3 is 2.65 bits per heavy atom. The average molecular weight is 481 g/mol. The minimum absolute atomic E-state index is 0.0220. The first-order valence-electron chi connectivity index (χ1n) is 8.99. The summed E-state index contributed by atoms with van der Waals surface area (Å²) >= 11 is 0. The van der Waals surface area contributed by atoms with E-state index in [1.54, 1.807) is 13.8 Å². The van der Waals surface area contributed by atoms with Gasteiger partial charge in [-0.2, -0.15) is 4.98 Å². The molecule has 2 aliphatic rings.